The number of alkyl halides is 2. The average Bonchev–Trinajstić information content (AvgIpc) is 2.25. The molecule has 0 bridgehead atoms. The maximum Gasteiger partial charge on any atom is 0.421 e. The number of halogens is 3. The van der Waals surface area contributed by atoms with E-state index in [0.29, 0.717) is 0 Å². The van der Waals surface area contributed by atoms with Crippen LogP contribution in [0.5, 0.6) is 0 Å². The first kappa shape index (κ1) is 13.7. The Bertz CT molecular complexity index is 287. The number of aliphatic hydroxyl groups is 1. The second-order valence-electron chi connectivity index (χ2n) is 2.96. The Morgan fingerprint density at radius 1 is 1.73 bits per heavy atom. The van der Waals surface area contributed by atoms with Crippen LogP contribution in [-0.2, 0) is 13.8 Å². The van der Waals surface area contributed by atoms with Crippen molar-refractivity contribution in [2.24, 2.45) is 0 Å². The second kappa shape index (κ2) is 4.49. The maximum absolute atomic E-state index is 13.3. The van der Waals surface area contributed by atoms with Gasteiger partial charge in [0, 0.05) is 11.2 Å². The van der Waals surface area contributed by atoms with Crippen LogP contribution in [0.4, 0.5) is 4.39 Å². The van der Waals surface area contributed by atoms with Crippen LogP contribution in [0.2, 0.25) is 0 Å². The van der Waals surface area contributed by atoms with E-state index in [1.165, 1.54) is 0 Å². The highest BCUT2D eigenvalue weighted by Gasteiger charge is 2.53. The molecule has 1 aliphatic rings. The normalized spacial score (nSPS) is 45.3. The number of ether oxygens (including phenoxy) is 1. The minimum Gasteiger partial charge on any atom is -0.386 e. The van der Waals surface area contributed by atoms with Gasteiger partial charge in [-0.15, -0.1) is 0 Å². The summed E-state index contributed by atoms with van der Waals surface area (Å²) >= 11 is 10.1. The van der Waals surface area contributed by atoms with Gasteiger partial charge in [-0.25, -0.2) is 8.96 Å². The lowest BCUT2D eigenvalue weighted by Crippen LogP contribution is -2.39. The standard InChI is InChI=1S/C5H7BCl2FO5P/c6-4-5(7,9)3(10)2(14-4)1-13-15(8,11)12/h2-4,10H,1H2,(H,11,12)/t2-,3-,4-,5-/m1/s1. The lowest BCUT2D eigenvalue weighted by molar-refractivity contribution is -0.00152. The Balaban J connectivity index is 2.57. The topological polar surface area (TPSA) is 76.0 Å². The van der Waals surface area contributed by atoms with Gasteiger partial charge in [0.1, 0.15) is 20.1 Å². The second-order valence-corrected chi connectivity index (χ2v) is 5.98. The van der Waals surface area contributed by atoms with E-state index in [1.54, 1.807) is 0 Å². The molecule has 5 atom stereocenters. The third-order valence-electron chi connectivity index (χ3n) is 1.85. The molecule has 1 unspecified atom stereocenters. The Hall–Kier alpha value is 0.645. The molecule has 1 fully saturated rings. The zero-order chi connectivity index (χ0) is 11.9. The number of hydrogen-bond acceptors (Lipinski definition) is 4. The summed E-state index contributed by atoms with van der Waals surface area (Å²) in [5, 5.41) is 6.62. The molecule has 1 aliphatic heterocycles. The molecule has 0 aromatic heterocycles. The molecule has 10 heteroatoms. The molecule has 0 amide bonds. The number of hydrogen-bond donors (Lipinski definition) is 2. The molecule has 0 saturated carbocycles. The quantitative estimate of drug-likeness (QED) is 0.447. The first-order valence-corrected chi connectivity index (χ1v) is 6.64. The molecule has 1 saturated heterocycles. The van der Waals surface area contributed by atoms with Crippen molar-refractivity contribution in [2.75, 3.05) is 6.61 Å². The van der Waals surface area contributed by atoms with Crippen LogP contribution in [0.1, 0.15) is 0 Å². The van der Waals surface area contributed by atoms with Crippen molar-refractivity contribution in [1.82, 2.24) is 0 Å². The molecule has 15 heavy (non-hydrogen) atoms. The maximum atomic E-state index is 13.3. The molecular formula is C5H7BCl2FO5P. The van der Waals surface area contributed by atoms with E-state index in [9.17, 15) is 14.1 Å². The van der Waals surface area contributed by atoms with Crippen LogP contribution in [-0.4, -0.2) is 47.8 Å². The smallest absolute Gasteiger partial charge is 0.386 e. The SMILES string of the molecule is [B][C@@H]1O[C@H](COP(=O)(O)Cl)[C@@H](O)[C@]1(F)Cl. The van der Waals surface area contributed by atoms with Crippen molar-refractivity contribution in [3.05, 3.63) is 0 Å². The molecule has 0 aromatic carbocycles. The predicted octanol–water partition coefficient (Wildman–Crippen LogP) is 0.501. The zero-order valence-electron chi connectivity index (χ0n) is 7.22. The van der Waals surface area contributed by atoms with Gasteiger partial charge in [-0.05, 0) is 0 Å². The van der Waals surface area contributed by atoms with Crippen molar-refractivity contribution >= 4 is 37.6 Å². The Morgan fingerprint density at radius 2 is 2.27 bits per heavy atom. The van der Waals surface area contributed by atoms with Gasteiger partial charge in [-0.2, -0.15) is 0 Å². The molecule has 86 valence electrons. The van der Waals surface area contributed by atoms with Gasteiger partial charge < -0.3 is 14.7 Å². The lowest BCUT2D eigenvalue weighted by Gasteiger charge is -2.19. The summed E-state index contributed by atoms with van der Waals surface area (Å²) in [5.74, 6) is 0. The summed E-state index contributed by atoms with van der Waals surface area (Å²) in [7, 11) is 5.12. The highest BCUT2D eigenvalue weighted by molar-refractivity contribution is 7.80. The van der Waals surface area contributed by atoms with Gasteiger partial charge in [0.25, 0.3) is 0 Å². The van der Waals surface area contributed by atoms with Crippen LogP contribution < -0.4 is 0 Å². The van der Waals surface area contributed by atoms with Crippen molar-refractivity contribution < 1.29 is 28.2 Å². The van der Waals surface area contributed by atoms with E-state index in [0.717, 1.165) is 0 Å². The lowest BCUT2D eigenvalue weighted by atomic mass is 9.93. The summed E-state index contributed by atoms with van der Waals surface area (Å²) in [6.07, 6.45) is -3.01. The summed E-state index contributed by atoms with van der Waals surface area (Å²) < 4.78 is 32.8. The van der Waals surface area contributed by atoms with E-state index in [4.69, 9.17) is 35.6 Å². The molecular weight excluding hydrogens is 272 g/mol. The Morgan fingerprint density at radius 3 is 2.60 bits per heavy atom. The van der Waals surface area contributed by atoms with E-state index in [-0.39, 0.29) is 0 Å². The molecule has 1 heterocycles. The molecule has 1 rings (SSSR count). The van der Waals surface area contributed by atoms with Gasteiger partial charge in [-0.1, -0.05) is 11.6 Å². The van der Waals surface area contributed by atoms with Crippen LogP contribution >= 0.6 is 29.8 Å². The molecule has 0 spiro atoms. The monoisotopic (exact) mass is 278 g/mol. The fourth-order valence-electron chi connectivity index (χ4n) is 1.07. The largest absolute Gasteiger partial charge is 0.421 e. The minimum atomic E-state index is -4.23. The number of aliphatic hydroxyl groups excluding tert-OH is 1. The van der Waals surface area contributed by atoms with Crippen molar-refractivity contribution in [3.63, 3.8) is 0 Å². The molecule has 0 aliphatic carbocycles. The van der Waals surface area contributed by atoms with Gasteiger partial charge in [0.15, 0.2) is 0 Å². The molecule has 2 radical (unpaired) electrons. The third kappa shape index (κ3) is 3.30. The van der Waals surface area contributed by atoms with Crippen LogP contribution in [0.25, 0.3) is 0 Å². The molecule has 5 nitrogen and oxygen atoms in total. The van der Waals surface area contributed by atoms with E-state index in [2.05, 4.69) is 9.26 Å². The first-order chi connectivity index (χ1) is 6.64. The fourth-order valence-corrected chi connectivity index (χ4v) is 1.76. The van der Waals surface area contributed by atoms with Crippen LogP contribution in [0.3, 0.4) is 0 Å². The highest BCUT2D eigenvalue weighted by Crippen LogP contribution is 2.48. The van der Waals surface area contributed by atoms with E-state index >= 15 is 0 Å². The van der Waals surface area contributed by atoms with E-state index in [1.807, 2.05) is 0 Å². The zero-order valence-corrected chi connectivity index (χ0v) is 9.62. The average molecular weight is 279 g/mol. The Labute approximate surface area is 96.2 Å². The minimum absolute atomic E-state index is 0.593. The third-order valence-corrected chi connectivity index (χ3v) is 3.04. The summed E-state index contributed by atoms with van der Waals surface area (Å²) in [4.78, 5) is 8.56. The predicted molar refractivity (Wildman–Crippen MR) is 51.7 cm³/mol. The van der Waals surface area contributed by atoms with Crippen molar-refractivity contribution in [3.8, 4) is 0 Å². The van der Waals surface area contributed by atoms with Gasteiger partial charge in [0.05, 0.1) is 12.6 Å². The van der Waals surface area contributed by atoms with Crippen LogP contribution in [0.15, 0.2) is 0 Å². The first-order valence-electron chi connectivity index (χ1n) is 3.78. The molecule has 2 N–H and O–H groups in total. The molecule has 0 aromatic rings. The highest BCUT2D eigenvalue weighted by atomic mass is 35.7. The van der Waals surface area contributed by atoms with E-state index < -0.39 is 36.9 Å². The summed E-state index contributed by atoms with van der Waals surface area (Å²) in [6.45, 7) is -4.82. The van der Waals surface area contributed by atoms with Gasteiger partial charge in [0.2, 0.25) is 5.13 Å². The summed E-state index contributed by atoms with van der Waals surface area (Å²) in [5.41, 5.74) is 0. The van der Waals surface area contributed by atoms with Crippen molar-refractivity contribution in [1.29, 1.82) is 0 Å². The number of rotatable bonds is 3. The summed E-state index contributed by atoms with van der Waals surface area (Å²) in [6, 6.07) is -1.55. The van der Waals surface area contributed by atoms with Crippen LogP contribution in [0, 0.1) is 0 Å². The van der Waals surface area contributed by atoms with Gasteiger partial charge in [-0.3, -0.25) is 4.52 Å². The Kier molecular flexibility index (Phi) is 4.10. The van der Waals surface area contributed by atoms with Gasteiger partial charge >= 0.3 is 6.95 Å². The van der Waals surface area contributed by atoms with Crippen molar-refractivity contribution in [2.45, 2.75) is 23.3 Å². The fraction of sp³-hybridized carbons (Fsp3) is 1.00.